The number of nitrogens with one attached hydrogen (secondary N) is 1. The molecular weight excluding hydrogens is 269 g/mol. The summed E-state index contributed by atoms with van der Waals surface area (Å²) in [6.07, 6.45) is 2.00. The predicted molar refractivity (Wildman–Crippen MR) is 72.3 cm³/mol. The average molecular weight is 282 g/mol. The normalized spacial score (nSPS) is 10.3. The van der Waals surface area contributed by atoms with Gasteiger partial charge in [0, 0.05) is 11.6 Å². The van der Waals surface area contributed by atoms with Crippen LogP contribution in [0.4, 0.5) is 10.3 Å². The minimum atomic E-state index is -0.614. The Balaban J connectivity index is 2.16. The predicted octanol–water partition coefficient (Wildman–Crippen LogP) is 3.88. The van der Waals surface area contributed by atoms with Crippen LogP contribution in [0.3, 0.4) is 0 Å². The number of anilines is 1. The Morgan fingerprint density at radius 3 is 2.74 bits per heavy atom. The van der Waals surface area contributed by atoms with Gasteiger partial charge in [0.2, 0.25) is 11.8 Å². The number of benzene rings is 1. The van der Waals surface area contributed by atoms with Crippen LogP contribution in [0, 0.1) is 5.82 Å². The Kier molecular flexibility index (Phi) is 4.52. The SMILES string of the molecule is CCCNc1ncc(F)c(Oc2ccc(Cl)cc2)n1. The molecule has 1 aromatic heterocycles. The van der Waals surface area contributed by atoms with Crippen molar-refractivity contribution in [2.45, 2.75) is 13.3 Å². The van der Waals surface area contributed by atoms with E-state index >= 15 is 0 Å². The summed E-state index contributed by atoms with van der Waals surface area (Å²) in [6.45, 7) is 2.73. The molecule has 6 heteroatoms. The number of hydrogen-bond donors (Lipinski definition) is 1. The number of nitrogens with zero attached hydrogens (tertiary/aromatic N) is 2. The molecule has 2 aromatic rings. The summed E-state index contributed by atoms with van der Waals surface area (Å²) >= 11 is 5.76. The molecule has 1 N–H and O–H groups in total. The molecule has 19 heavy (non-hydrogen) atoms. The van der Waals surface area contributed by atoms with Crippen molar-refractivity contribution in [2.24, 2.45) is 0 Å². The van der Waals surface area contributed by atoms with Gasteiger partial charge in [0.1, 0.15) is 5.75 Å². The van der Waals surface area contributed by atoms with E-state index in [0.29, 0.717) is 23.3 Å². The fourth-order valence-electron chi connectivity index (χ4n) is 1.36. The zero-order valence-corrected chi connectivity index (χ0v) is 11.1. The van der Waals surface area contributed by atoms with E-state index in [1.54, 1.807) is 24.3 Å². The van der Waals surface area contributed by atoms with Gasteiger partial charge >= 0.3 is 0 Å². The standard InChI is InChI=1S/C13H13ClFN3O/c1-2-7-16-13-17-8-11(15)12(18-13)19-10-5-3-9(14)4-6-10/h3-6,8H,2,7H2,1H3,(H,16,17,18). The molecule has 0 aliphatic rings. The maximum absolute atomic E-state index is 13.6. The second kappa shape index (κ2) is 6.33. The first kappa shape index (κ1) is 13.5. The van der Waals surface area contributed by atoms with Gasteiger partial charge < -0.3 is 10.1 Å². The zero-order valence-electron chi connectivity index (χ0n) is 10.4. The molecule has 2 rings (SSSR count). The van der Waals surface area contributed by atoms with Crippen molar-refractivity contribution in [3.8, 4) is 11.6 Å². The summed E-state index contributed by atoms with van der Waals surface area (Å²) in [5.41, 5.74) is 0. The summed E-state index contributed by atoms with van der Waals surface area (Å²) in [5.74, 6) is 0.0728. The maximum Gasteiger partial charge on any atom is 0.260 e. The van der Waals surface area contributed by atoms with Crippen molar-refractivity contribution in [3.05, 3.63) is 41.3 Å². The van der Waals surface area contributed by atoms with Crippen LogP contribution in [0.5, 0.6) is 11.6 Å². The molecule has 0 spiro atoms. The van der Waals surface area contributed by atoms with E-state index in [9.17, 15) is 4.39 Å². The van der Waals surface area contributed by atoms with Crippen LogP contribution >= 0.6 is 11.6 Å². The Labute approximate surface area is 115 Å². The maximum atomic E-state index is 13.6. The first-order valence-electron chi connectivity index (χ1n) is 5.89. The zero-order chi connectivity index (χ0) is 13.7. The van der Waals surface area contributed by atoms with E-state index in [1.165, 1.54) is 0 Å². The molecule has 0 bridgehead atoms. The molecule has 1 heterocycles. The van der Waals surface area contributed by atoms with Gasteiger partial charge in [-0.25, -0.2) is 4.98 Å². The van der Waals surface area contributed by atoms with Crippen LogP contribution in [0.25, 0.3) is 0 Å². The minimum Gasteiger partial charge on any atom is -0.436 e. The number of rotatable bonds is 5. The van der Waals surface area contributed by atoms with Crippen molar-refractivity contribution in [1.82, 2.24) is 9.97 Å². The number of hydrogen-bond acceptors (Lipinski definition) is 4. The number of aromatic nitrogens is 2. The summed E-state index contributed by atoms with van der Waals surface area (Å²) in [7, 11) is 0. The molecule has 0 aliphatic carbocycles. The molecule has 4 nitrogen and oxygen atoms in total. The number of ether oxygens (including phenoxy) is 1. The van der Waals surface area contributed by atoms with E-state index in [-0.39, 0.29) is 5.88 Å². The van der Waals surface area contributed by atoms with Crippen molar-refractivity contribution in [2.75, 3.05) is 11.9 Å². The minimum absolute atomic E-state index is 0.115. The Bertz CT molecular complexity index is 548. The monoisotopic (exact) mass is 281 g/mol. The molecule has 100 valence electrons. The molecule has 0 saturated carbocycles. The first-order chi connectivity index (χ1) is 9.19. The molecule has 0 aliphatic heterocycles. The van der Waals surface area contributed by atoms with Crippen molar-refractivity contribution in [1.29, 1.82) is 0 Å². The summed E-state index contributed by atoms with van der Waals surface area (Å²) in [5, 5.41) is 3.55. The Morgan fingerprint density at radius 2 is 2.05 bits per heavy atom. The Hall–Kier alpha value is -1.88. The summed E-state index contributed by atoms with van der Waals surface area (Å²) in [4.78, 5) is 7.81. The first-order valence-corrected chi connectivity index (χ1v) is 6.26. The van der Waals surface area contributed by atoms with Crippen molar-refractivity contribution in [3.63, 3.8) is 0 Å². The fraction of sp³-hybridized carbons (Fsp3) is 0.231. The highest BCUT2D eigenvalue weighted by atomic mass is 35.5. The van der Waals surface area contributed by atoms with Gasteiger partial charge in [0.25, 0.3) is 5.88 Å². The molecule has 0 radical (unpaired) electrons. The van der Waals surface area contributed by atoms with Crippen LogP contribution < -0.4 is 10.1 Å². The van der Waals surface area contributed by atoms with Gasteiger partial charge in [0.05, 0.1) is 6.20 Å². The van der Waals surface area contributed by atoms with E-state index in [0.717, 1.165) is 12.6 Å². The van der Waals surface area contributed by atoms with E-state index in [1.807, 2.05) is 6.92 Å². The van der Waals surface area contributed by atoms with Crippen LogP contribution in [0.15, 0.2) is 30.5 Å². The third-order valence-electron chi connectivity index (χ3n) is 2.27. The fourth-order valence-corrected chi connectivity index (χ4v) is 1.49. The second-order valence-corrected chi connectivity index (χ2v) is 4.27. The van der Waals surface area contributed by atoms with Gasteiger partial charge in [-0.2, -0.15) is 9.37 Å². The highest BCUT2D eigenvalue weighted by Crippen LogP contribution is 2.24. The average Bonchev–Trinajstić information content (AvgIpc) is 2.42. The lowest BCUT2D eigenvalue weighted by Crippen LogP contribution is -2.05. The smallest absolute Gasteiger partial charge is 0.260 e. The Morgan fingerprint density at radius 1 is 1.32 bits per heavy atom. The van der Waals surface area contributed by atoms with Crippen LogP contribution in [-0.4, -0.2) is 16.5 Å². The van der Waals surface area contributed by atoms with Gasteiger partial charge in [-0.3, -0.25) is 0 Å². The highest BCUT2D eigenvalue weighted by Gasteiger charge is 2.09. The lowest BCUT2D eigenvalue weighted by Gasteiger charge is -2.08. The number of halogens is 2. The van der Waals surface area contributed by atoms with Crippen LogP contribution in [0.1, 0.15) is 13.3 Å². The van der Waals surface area contributed by atoms with E-state index in [4.69, 9.17) is 16.3 Å². The lowest BCUT2D eigenvalue weighted by atomic mass is 10.3. The van der Waals surface area contributed by atoms with Crippen molar-refractivity contribution < 1.29 is 9.13 Å². The van der Waals surface area contributed by atoms with E-state index < -0.39 is 5.82 Å². The quantitative estimate of drug-likeness (QED) is 0.903. The second-order valence-electron chi connectivity index (χ2n) is 3.83. The van der Waals surface area contributed by atoms with Gasteiger partial charge in [0.15, 0.2) is 0 Å². The van der Waals surface area contributed by atoms with Crippen LogP contribution in [-0.2, 0) is 0 Å². The lowest BCUT2D eigenvalue weighted by molar-refractivity contribution is 0.420. The highest BCUT2D eigenvalue weighted by molar-refractivity contribution is 6.30. The molecule has 1 aromatic carbocycles. The largest absolute Gasteiger partial charge is 0.436 e. The van der Waals surface area contributed by atoms with Gasteiger partial charge in [-0.15, -0.1) is 0 Å². The summed E-state index contributed by atoms with van der Waals surface area (Å²) in [6, 6.07) is 6.60. The topological polar surface area (TPSA) is 47.0 Å². The van der Waals surface area contributed by atoms with Gasteiger partial charge in [-0.05, 0) is 30.7 Å². The third kappa shape index (κ3) is 3.79. The van der Waals surface area contributed by atoms with Gasteiger partial charge in [-0.1, -0.05) is 18.5 Å². The third-order valence-corrected chi connectivity index (χ3v) is 2.53. The molecule has 0 atom stereocenters. The molecule has 0 unspecified atom stereocenters. The molecule has 0 saturated heterocycles. The summed E-state index contributed by atoms with van der Waals surface area (Å²) < 4.78 is 18.9. The molecular formula is C13H13ClFN3O. The molecule has 0 amide bonds. The molecule has 0 fully saturated rings. The van der Waals surface area contributed by atoms with E-state index in [2.05, 4.69) is 15.3 Å². The van der Waals surface area contributed by atoms with Crippen LogP contribution in [0.2, 0.25) is 5.02 Å². The van der Waals surface area contributed by atoms with Crippen molar-refractivity contribution >= 4 is 17.5 Å².